The van der Waals surface area contributed by atoms with Gasteiger partial charge in [-0.1, -0.05) is 26.0 Å². The van der Waals surface area contributed by atoms with E-state index in [0.29, 0.717) is 41.2 Å². The molecule has 0 unspecified atom stereocenters. The second-order valence-corrected chi connectivity index (χ2v) is 7.28. The quantitative estimate of drug-likeness (QED) is 0.747. The number of amides is 2. The summed E-state index contributed by atoms with van der Waals surface area (Å²) in [4.78, 5) is 56.8. The molecule has 0 fully saturated rings. The van der Waals surface area contributed by atoms with Crippen molar-refractivity contribution in [1.29, 1.82) is 0 Å². The molecule has 0 saturated carbocycles. The summed E-state index contributed by atoms with van der Waals surface area (Å²) in [5.41, 5.74) is 6.95. The molecule has 1 aliphatic rings. The minimum Gasteiger partial charge on any atom is -0.366 e. The number of hydrogen-bond donors (Lipinski definition) is 2. The number of hydrogen-bond acceptors (Lipinski definition) is 5. The molecule has 0 radical (unpaired) electrons. The summed E-state index contributed by atoms with van der Waals surface area (Å²) in [5.74, 6) is -1.06. The molecule has 8 heteroatoms. The van der Waals surface area contributed by atoms with Crippen LogP contribution in [-0.4, -0.2) is 39.0 Å². The van der Waals surface area contributed by atoms with Crippen molar-refractivity contribution in [3.63, 3.8) is 0 Å². The highest BCUT2D eigenvalue weighted by atomic mass is 16.2. The minimum absolute atomic E-state index is 0.101. The smallest absolute Gasteiger partial charge is 0.290 e. The van der Waals surface area contributed by atoms with Gasteiger partial charge in [-0.05, 0) is 24.5 Å². The lowest BCUT2D eigenvalue weighted by Crippen LogP contribution is -2.42. The molecule has 8 nitrogen and oxygen atoms in total. The van der Waals surface area contributed by atoms with Gasteiger partial charge in [-0.3, -0.25) is 19.2 Å². The standard InChI is InChI=1S/C20H22N4O4/c1-11(2)9-16(25)20(28)24-8-7-14-15(10-24)22-18(23-19(14)27)13-5-3-12(4-6-13)17(21)26/h3-6,11H,7-10H2,1-2H3,(H2,21,26)(H,22,23,27). The van der Waals surface area contributed by atoms with E-state index in [4.69, 9.17) is 5.73 Å². The van der Waals surface area contributed by atoms with E-state index < -0.39 is 17.6 Å². The van der Waals surface area contributed by atoms with E-state index >= 15 is 0 Å². The normalized spacial score (nSPS) is 13.3. The molecule has 1 aromatic heterocycles. The summed E-state index contributed by atoms with van der Waals surface area (Å²) < 4.78 is 0. The van der Waals surface area contributed by atoms with E-state index in [1.165, 1.54) is 4.90 Å². The lowest BCUT2D eigenvalue weighted by atomic mass is 10.0. The third-order valence-corrected chi connectivity index (χ3v) is 4.64. The highest BCUT2D eigenvalue weighted by Gasteiger charge is 2.28. The van der Waals surface area contributed by atoms with E-state index in [1.807, 2.05) is 13.8 Å². The first kappa shape index (κ1) is 19.5. The lowest BCUT2D eigenvalue weighted by molar-refractivity contribution is -0.145. The van der Waals surface area contributed by atoms with E-state index in [2.05, 4.69) is 9.97 Å². The van der Waals surface area contributed by atoms with E-state index in [9.17, 15) is 19.2 Å². The molecule has 2 amide bonds. The molecule has 3 rings (SSSR count). The molecule has 1 aliphatic heterocycles. The Balaban J connectivity index is 1.87. The van der Waals surface area contributed by atoms with Gasteiger partial charge in [0.15, 0.2) is 0 Å². The van der Waals surface area contributed by atoms with Crippen molar-refractivity contribution in [1.82, 2.24) is 14.9 Å². The highest BCUT2D eigenvalue weighted by Crippen LogP contribution is 2.20. The molecule has 1 aromatic carbocycles. The highest BCUT2D eigenvalue weighted by molar-refractivity contribution is 6.36. The topological polar surface area (TPSA) is 126 Å². The average Bonchev–Trinajstić information content (AvgIpc) is 2.66. The number of nitrogens with two attached hydrogens (primary N) is 1. The molecule has 0 aliphatic carbocycles. The van der Waals surface area contributed by atoms with Gasteiger partial charge in [0.25, 0.3) is 11.5 Å². The van der Waals surface area contributed by atoms with Gasteiger partial charge in [-0.2, -0.15) is 0 Å². The zero-order chi connectivity index (χ0) is 20.4. The number of benzene rings is 1. The fourth-order valence-corrected chi connectivity index (χ4v) is 3.18. The van der Waals surface area contributed by atoms with Crippen molar-refractivity contribution in [3.8, 4) is 11.4 Å². The van der Waals surface area contributed by atoms with Gasteiger partial charge in [-0.25, -0.2) is 4.98 Å². The number of carbonyl (C=O) groups excluding carboxylic acids is 3. The molecule has 0 saturated heterocycles. The monoisotopic (exact) mass is 382 g/mol. The van der Waals surface area contributed by atoms with Gasteiger partial charge in [0.2, 0.25) is 11.7 Å². The molecule has 0 bridgehead atoms. The number of aromatic nitrogens is 2. The Morgan fingerprint density at radius 1 is 1.21 bits per heavy atom. The van der Waals surface area contributed by atoms with Gasteiger partial charge in [0.05, 0.1) is 12.2 Å². The summed E-state index contributed by atoms with van der Waals surface area (Å²) in [5, 5.41) is 0. The van der Waals surface area contributed by atoms with Crippen molar-refractivity contribution in [2.75, 3.05) is 6.54 Å². The first-order chi connectivity index (χ1) is 13.3. The van der Waals surface area contributed by atoms with Crippen LogP contribution in [-0.2, 0) is 22.6 Å². The first-order valence-corrected chi connectivity index (χ1v) is 9.10. The van der Waals surface area contributed by atoms with Crippen molar-refractivity contribution in [2.24, 2.45) is 11.7 Å². The van der Waals surface area contributed by atoms with Gasteiger partial charge in [0, 0.05) is 29.7 Å². The Morgan fingerprint density at radius 2 is 1.89 bits per heavy atom. The van der Waals surface area contributed by atoms with Gasteiger partial charge < -0.3 is 15.6 Å². The molecular weight excluding hydrogens is 360 g/mol. The Labute approximate surface area is 161 Å². The zero-order valence-corrected chi connectivity index (χ0v) is 15.8. The van der Waals surface area contributed by atoms with Crippen molar-refractivity contribution < 1.29 is 14.4 Å². The zero-order valence-electron chi connectivity index (χ0n) is 15.8. The van der Waals surface area contributed by atoms with Gasteiger partial charge >= 0.3 is 0 Å². The lowest BCUT2D eigenvalue weighted by Gasteiger charge is -2.27. The predicted molar refractivity (Wildman–Crippen MR) is 102 cm³/mol. The Bertz CT molecular complexity index is 992. The fourth-order valence-electron chi connectivity index (χ4n) is 3.18. The van der Waals surface area contributed by atoms with Gasteiger partial charge in [-0.15, -0.1) is 0 Å². The predicted octanol–water partition coefficient (Wildman–Crippen LogP) is 1.04. The third kappa shape index (κ3) is 4.00. The molecular formula is C20H22N4O4. The third-order valence-electron chi connectivity index (χ3n) is 4.64. The van der Waals surface area contributed by atoms with Crippen LogP contribution in [0.1, 0.15) is 41.9 Å². The fraction of sp³-hybridized carbons (Fsp3) is 0.350. The molecule has 2 heterocycles. The minimum atomic E-state index is -0.543. The number of H-pyrrole nitrogens is 1. The number of carbonyl (C=O) groups is 3. The first-order valence-electron chi connectivity index (χ1n) is 9.10. The van der Waals surface area contributed by atoms with Crippen LogP contribution in [0.15, 0.2) is 29.1 Å². The SMILES string of the molecule is CC(C)CC(=O)C(=O)N1CCc2c(nc(-c3ccc(C(N)=O)cc3)[nH]c2=O)C1. The number of aromatic amines is 1. The van der Waals surface area contributed by atoms with Crippen LogP contribution in [0.4, 0.5) is 0 Å². The van der Waals surface area contributed by atoms with Crippen LogP contribution in [0.25, 0.3) is 11.4 Å². The molecule has 146 valence electrons. The summed E-state index contributed by atoms with van der Waals surface area (Å²) in [6.07, 6.45) is 0.543. The average molecular weight is 382 g/mol. The summed E-state index contributed by atoms with van der Waals surface area (Å²) in [7, 11) is 0. The van der Waals surface area contributed by atoms with Crippen LogP contribution in [0, 0.1) is 5.92 Å². The number of nitrogens with one attached hydrogen (secondary N) is 1. The maximum Gasteiger partial charge on any atom is 0.290 e. The number of Topliss-reactive ketones (excluding diaryl/α,β-unsaturated/α-hetero) is 1. The second-order valence-electron chi connectivity index (χ2n) is 7.28. The van der Waals surface area contributed by atoms with E-state index in [-0.39, 0.29) is 24.4 Å². The number of nitrogens with zero attached hydrogens (tertiary/aromatic N) is 2. The number of fused-ring (bicyclic) bond motifs is 1. The molecule has 0 spiro atoms. The summed E-state index contributed by atoms with van der Waals surface area (Å²) >= 11 is 0. The van der Waals surface area contributed by atoms with Crippen LogP contribution in [0.3, 0.4) is 0 Å². The van der Waals surface area contributed by atoms with Crippen LogP contribution < -0.4 is 11.3 Å². The molecule has 3 N–H and O–H groups in total. The Hall–Kier alpha value is -3.29. The van der Waals surface area contributed by atoms with Crippen molar-refractivity contribution >= 4 is 17.6 Å². The number of rotatable bonds is 5. The maximum atomic E-state index is 12.4. The molecule has 0 atom stereocenters. The molecule has 28 heavy (non-hydrogen) atoms. The second kappa shape index (κ2) is 7.75. The summed E-state index contributed by atoms with van der Waals surface area (Å²) in [6, 6.07) is 6.39. The Kier molecular flexibility index (Phi) is 5.39. The summed E-state index contributed by atoms with van der Waals surface area (Å²) in [6.45, 7) is 4.20. The van der Waals surface area contributed by atoms with Crippen LogP contribution in [0.5, 0.6) is 0 Å². The van der Waals surface area contributed by atoms with Gasteiger partial charge in [0.1, 0.15) is 5.82 Å². The van der Waals surface area contributed by atoms with Crippen LogP contribution >= 0.6 is 0 Å². The molecule has 2 aromatic rings. The van der Waals surface area contributed by atoms with Crippen molar-refractivity contribution in [2.45, 2.75) is 33.2 Å². The number of primary amides is 1. The van der Waals surface area contributed by atoms with Crippen LogP contribution in [0.2, 0.25) is 0 Å². The van der Waals surface area contributed by atoms with E-state index in [1.54, 1.807) is 24.3 Å². The largest absolute Gasteiger partial charge is 0.366 e. The van der Waals surface area contributed by atoms with Crippen molar-refractivity contribution in [3.05, 3.63) is 51.4 Å². The van der Waals surface area contributed by atoms with E-state index in [0.717, 1.165) is 0 Å². The maximum absolute atomic E-state index is 12.4. The Morgan fingerprint density at radius 3 is 2.50 bits per heavy atom. The number of ketones is 1.